The third-order valence-corrected chi connectivity index (χ3v) is 3.92. The lowest BCUT2D eigenvalue weighted by Crippen LogP contribution is -2.32. The summed E-state index contributed by atoms with van der Waals surface area (Å²) in [5.74, 6) is 0.524. The van der Waals surface area contributed by atoms with Gasteiger partial charge in [0.25, 0.3) is 0 Å². The maximum atomic E-state index is 12.5. The summed E-state index contributed by atoms with van der Waals surface area (Å²) >= 11 is 0. The Kier molecular flexibility index (Phi) is 4.66. The number of nitrogens with one attached hydrogen (secondary N) is 2. The van der Waals surface area contributed by atoms with Crippen LogP contribution in [0.1, 0.15) is 6.92 Å². The largest absolute Gasteiger partial charge is 0.495 e. The molecule has 0 spiro atoms. The fourth-order valence-corrected chi connectivity index (χ4v) is 2.64. The molecule has 3 rings (SSSR count). The lowest BCUT2D eigenvalue weighted by Gasteiger charge is -2.17. The minimum Gasteiger partial charge on any atom is -0.495 e. The van der Waals surface area contributed by atoms with E-state index in [-0.39, 0.29) is 11.9 Å². The normalized spacial score (nSPS) is 11.8. The molecule has 1 amide bonds. The van der Waals surface area contributed by atoms with Crippen molar-refractivity contribution < 1.29 is 9.53 Å². The van der Waals surface area contributed by atoms with Crippen LogP contribution in [0.2, 0.25) is 0 Å². The highest BCUT2D eigenvalue weighted by Crippen LogP contribution is 2.25. The topological polar surface area (TPSA) is 50.4 Å². The molecular weight excluding hydrogens is 300 g/mol. The van der Waals surface area contributed by atoms with Gasteiger partial charge in [-0.25, -0.2) is 0 Å². The predicted molar refractivity (Wildman–Crippen MR) is 98.7 cm³/mol. The molecule has 0 heterocycles. The summed E-state index contributed by atoms with van der Waals surface area (Å²) in [5.41, 5.74) is 1.60. The minimum absolute atomic E-state index is 0.118. The van der Waals surface area contributed by atoms with Crippen molar-refractivity contribution in [2.45, 2.75) is 13.0 Å². The van der Waals surface area contributed by atoms with E-state index in [4.69, 9.17) is 4.74 Å². The smallest absolute Gasteiger partial charge is 0.246 e. The Morgan fingerprint density at radius 1 is 0.917 bits per heavy atom. The van der Waals surface area contributed by atoms with Gasteiger partial charge in [0.15, 0.2) is 0 Å². The second-order valence-electron chi connectivity index (χ2n) is 5.58. The summed E-state index contributed by atoms with van der Waals surface area (Å²) < 4.78 is 5.27. The molecule has 0 aromatic heterocycles. The van der Waals surface area contributed by atoms with Crippen molar-refractivity contribution in [1.29, 1.82) is 0 Å². The molecule has 0 aliphatic rings. The summed E-state index contributed by atoms with van der Waals surface area (Å²) in [7, 11) is 1.59. The first-order valence-electron chi connectivity index (χ1n) is 7.87. The zero-order valence-corrected chi connectivity index (χ0v) is 13.7. The van der Waals surface area contributed by atoms with Crippen molar-refractivity contribution in [2.75, 3.05) is 17.7 Å². The highest BCUT2D eigenvalue weighted by molar-refractivity contribution is 6.00. The quantitative estimate of drug-likeness (QED) is 0.737. The van der Waals surface area contributed by atoms with Gasteiger partial charge in [-0.05, 0) is 30.5 Å². The maximum absolute atomic E-state index is 12.5. The third-order valence-electron chi connectivity index (χ3n) is 3.92. The fraction of sp³-hybridized carbons (Fsp3) is 0.150. The number of ether oxygens (including phenoxy) is 1. The van der Waals surface area contributed by atoms with Crippen LogP contribution in [-0.2, 0) is 4.79 Å². The molecule has 3 aromatic carbocycles. The molecule has 122 valence electrons. The Hall–Kier alpha value is -3.01. The number of rotatable bonds is 5. The minimum atomic E-state index is -0.388. The van der Waals surface area contributed by atoms with E-state index >= 15 is 0 Å². The van der Waals surface area contributed by atoms with Gasteiger partial charge in [0.2, 0.25) is 5.91 Å². The van der Waals surface area contributed by atoms with Gasteiger partial charge in [-0.3, -0.25) is 4.79 Å². The lowest BCUT2D eigenvalue weighted by atomic mass is 10.1. The number of para-hydroxylation sites is 2. The van der Waals surface area contributed by atoms with Crippen molar-refractivity contribution in [3.8, 4) is 5.75 Å². The number of carbonyl (C=O) groups excluding carboxylic acids is 1. The zero-order valence-electron chi connectivity index (χ0n) is 13.7. The Morgan fingerprint density at radius 3 is 2.42 bits per heavy atom. The van der Waals surface area contributed by atoms with Gasteiger partial charge in [-0.1, -0.05) is 48.5 Å². The van der Waals surface area contributed by atoms with E-state index in [0.717, 1.165) is 16.5 Å². The van der Waals surface area contributed by atoms with Crippen LogP contribution in [0, 0.1) is 0 Å². The van der Waals surface area contributed by atoms with Crippen LogP contribution >= 0.6 is 0 Å². The van der Waals surface area contributed by atoms with Crippen molar-refractivity contribution in [1.82, 2.24) is 0 Å². The fourth-order valence-electron chi connectivity index (χ4n) is 2.64. The predicted octanol–water partition coefficient (Wildman–Crippen LogP) is 4.29. The van der Waals surface area contributed by atoms with E-state index in [0.29, 0.717) is 11.4 Å². The molecule has 4 heteroatoms. The van der Waals surface area contributed by atoms with Crippen LogP contribution in [0.25, 0.3) is 10.8 Å². The number of anilines is 2. The van der Waals surface area contributed by atoms with Crippen LogP contribution in [0.4, 0.5) is 11.4 Å². The molecule has 0 bridgehead atoms. The third kappa shape index (κ3) is 3.33. The number of amides is 1. The molecule has 0 radical (unpaired) electrons. The number of benzene rings is 3. The summed E-state index contributed by atoms with van der Waals surface area (Å²) in [4.78, 5) is 12.5. The molecule has 3 aromatic rings. The Balaban J connectivity index is 1.76. The number of carbonyl (C=O) groups is 1. The molecule has 0 saturated heterocycles. The van der Waals surface area contributed by atoms with E-state index in [1.54, 1.807) is 7.11 Å². The van der Waals surface area contributed by atoms with Crippen LogP contribution in [0.5, 0.6) is 5.75 Å². The lowest BCUT2D eigenvalue weighted by molar-refractivity contribution is -0.116. The standard InChI is InChI=1S/C20H20N2O2/c1-14(20(23)22-18-11-5-6-13-19(18)24-2)21-17-12-7-9-15-8-3-4-10-16(15)17/h3-14,21H,1-2H3,(H,22,23)/t14-/m0/s1. The van der Waals surface area contributed by atoms with E-state index in [2.05, 4.69) is 22.8 Å². The van der Waals surface area contributed by atoms with Crippen molar-refractivity contribution >= 4 is 28.1 Å². The van der Waals surface area contributed by atoms with E-state index in [1.807, 2.05) is 61.5 Å². The summed E-state index contributed by atoms with van der Waals surface area (Å²) in [6.07, 6.45) is 0. The van der Waals surface area contributed by atoms with Gasteiger partial charge in [-0.15, -0.1) is 0 Å². The van der Waals surface area contributed by atoms with Gasteiger partial charge in [0.05, 0.1) is 12.8 Å². The molecule has 1 atom stereocenters. The molecule has 0 unspecified atom stereocenters. The van der Waals surface area contributed by atoms with E-state index in [1.165, 1.54) is 0 Å². The van der Waals surface area contributed by atoms with Gasteiger partial charge < -0.3 is 15.4 Å². The summed E-state index contributed by atoms with van der Waals surface area (Å²) in [6, 6.07) is 21.1. The number of hydrogen-bond acceptors (Lipinski definition) is 3. The maximum Gasteiger partial charge on any atom is 0.246 e. The zero-order chi connectivity index (χ0) is 16.9. The first kappa shape index (κ1) is 15.9. The number of fused-ring (bicyclic) bond motifs is 1. The average molecular weight is 320 g/mol. The van der Waals surface area contributed by atoms with Crippen LogP contribution in [0.15, 0.2) is 66.7 Å². The van der Waals surface area contributed by atoms with Crippen molar-refractivity contribution in [3.05, 3.63) is 66.7 Å². The molecule has 0 fully saturated rings. The monoisotopic (exact) mass is 320 g/mol. The van der Waals surface area contributed by atoms with E-state index in [9.17, 15) is 4.79 Å². The number of methoxy groups -OCH3 is 1. The molecule has 2 N–H and O–H groups in total. The van der Waals surface area contributed by atoms with Crippen LogP contribution in [0.3, 0.4) is 0 Å². The Morgan fingerprint density at radius 2 is 1.58 bits per heavy atom. The first-order chi connectivity index (χ1) is 11.7. The highest BCUT2D eigenvalue weighted by Gasteiger charge is 2.15. The Labute approximate surface area is 141 Å². The number of hydrogen-bond donors (Lipinski definition) is 2. The van der Waals surface area contributed by atoms with E-state index < -0.39 is 0 Å². The highest BCUT2D eigenvalue weighted by atomic mass is 16.5. The summed E-state index contributed by atoms with van der Waals surface area (Å²) in [5, 5.41) is 8.43. The van der Waals surface area contributed by atoms with Crippen molar-refractivity contribution in [2.24, 2.45) is 0 Å². The van der Waals surface area contributed by atoms with Crippen molar-refractivity contribution in [3.63, 3.8) is 0 Å². The molecule has 4 nitrogen and oxygen atoms in total. The molecular formula is C20H20N2O2. The Bertz CT molecular complexity index is 856. The molecule has 0 aliphatic carbocycles. The van der Waals surface area contributed by atoms with Crippen LogP contribution in [-0.4, -0.2) is 19.1 Å². The van der Waals surface area contributed by atoms with Gasteiger partial charge >= 0.3 is 0 Å². The second kappa shape index (κ2) is 7.04. The van der Waals surface area contributed by atoms with Crippen LogP contribution < -0.4 is 15.4 Å². The second-order valence-corrected chi connectivity index (χ2v) is 5.58. The van der Waals surface area contributed by atoms with Gasteiger partial charge in [0.1, 0.15) is 11.8 Å². The average Bonchev–Trinajstić information content (AvgIpc) is 2.62. The molecule has 24 heavy (non-hydrogen) atoms. The first-order valence-corrected chi connectivity index (χ1v) is 7.87. The summed E-state index contributed by atoms with van der Waals surface area (Å²) in [6.45, 7) is 1.84. The van der Waals surface area contributed by atoms with Gasteiger partial charge in [0, 0.05) is 11.1 Å². The molecule has 0 saturated carbocycles. The molecule has 0 aliphatic heterocycles. The van der Waals surface area contributed by atoms with Gasteiger partial charge in [-0.2, -0.15) is 0 Å². The SMILES string of the molecule is COc1ccccc1NC(=O)[C@H](C)Nc1cccc2ccccc12.